The van der Waals surface area contributed by atoms with E-state index in [4.69, 9.17) is 0 Å². The van der Waals surface area contributed by atoms with Crippen LogP contribution in [0, 0.1) is 5.41 Å². The summed E-state index contributed by atoms with van der Waals surface area (Å²) in [7, 11) is 0. The minimum absolute atomic E-state index is 0.558. The summed E-state index contributed by atoms with van der Waals surface area (Å²) < 4.78 is 0.929. The van der Waals surface area contributed by atoms with Gasteiger partial charge in [-0.1, -0.05) is 0 Å². The summed E-state index contributed by atoms with van der Waals surface area (Å²) in [6.45, 7) is 9.19. The van der Waals surface area contributed by atoms with Crippen LogP contribution in [0.15, 0.2) is 0 Å². The maximum absolute atomic E-state index is 2.31. The second-order valence-electron chi connectivity index (χ2n) is 3.15. The topological polar surface area (TPSA) is 0 Å². The molecule has 0 spiro atoms. The average molecular weight is 205 g/mol. The van der Waals surface area contributed by atoms with Crippen LogP contribution in [0.3, 0.4) is 0 Å². The van der Waals surface area contributed by atoms with Crippen LogP contribution in [-0.2, 0) is 0 Å². The van der Waals surface area contributed by atoms with Gasteiger partial charge in [0.05, 0.1) is 0 Å². The van der Waals surface area contributed by atoms with Crippen molar-refractivity contribution >= 4 is 22.5 Å². The van der Waals surface area contributed by atoms with Crippen LogP contribution in [0.4, 0.5) is 0 Å². The third-order valence-corrected chi connectivity index (χ3v) is 4.22. The van der Waals surface area contributed by atoms with Crippen molar-refractivity contribution in [1.29, 1.82) is 0 Å². The van der Waals surface area contributed by atoms with Crippen molar-refractivity contribution in [3.8, 4) is 0 Å². The van der Waals surface area contributed by atoms with E-state index in [9.17, 15) is 0 Å². The molecule has 0 aliphatic rings. The van der Waals surface area contributed by atoms with Gasteiger partial charge in [0.15, 0.2) is 0 Å². The van der Waals surface area contributed by atoms with Crippen LogP contribution in [0.2, 0.25) is 3.93 Å². The first kappa shape index (κ1) is 7.80. The van der Waals surface area contributed by atoms with Crippen molar-refractivity contribution in [3.05, 3.63) is 0 Å². The van der Waals surface area contributed by atoms with Gasteiger partial charge in [0, 0.05) is 0 Å². The molecule has 0 aliphatic carbocycles. The zero-order valence-corrected chi connectivity index (χ0v) is 8.95. The first-order valence-corrected chi connectivity index (χ1v) is 4.60. The maximum atomic E-state index is 2.31. The van der Waals surface area contributed by atoms with E-state index in [1.54, 1.807) is 0 Å². The number of rotatable bonds is 0. The second-order valence-corrected chi connectivity index (χ2v) is 6.01. The molecule has 0 aromatic rings. The van der Waals surface area contributed by atoms with Gasteiger partial charge in [0.1, 0.15) is 0 Å². The van der Waals surface area contributed by atoms with Gasteiger partial charge in [-0.15, -0.1) is 0 Å². The molecule has 0 heterocycles. The van der Waals surface area contributed by atoms with E-state index >= 15 is 0 Å². The van der Waals surface area contributed by atoms with E-state index < -0.39 is 0 Å². The molecule has 0 nitrogen and oxygen atoms in total. The van der Waals surface area contributed by atoms with Crippen LogP contribution in [-0.4, -0.2) is 22.5 Å². The first-order chi connectivity index (χ1) is 2.94. The molecule has 0 amide bonds. The Balaban J connectivity index is 3.54. The fourth-order valence-corrected chi connectivity index (χ4v) is 0. The standard InChI is InChI=1S/C6H13.Sn.H/c1-5-6(2,3)4;;/h5H,1-4H3;;. The van der Waals surface area contributed by atoms with E-state index in [0.717, 1.165) is 3.93 Å². The summed E-state index contributed by atoms with van der Waals surface area (Å²) >= 11 is 1.39. The Hall–Kier alpha value is 0.799. The quantitative estimate of drug-likeness (QED) is 0.528. The molecular formula is C6H14Sn. The third-order valence-electron chi connectivity index (χ3n) is 1.37. The van der Waals surface area contributed by atoms with Crippen molar-refractivity contribution in [1.82, 2.24) is 0 Å². The van der Waals surface area contributed by atoms with Crippen LogP contribution in [0.5, 0.6) is 0 Å². The van der Waals surface area contributed by atoms with Gasteiger partial charge in [-0.05, 0) is 0 Å². The van der Waals surface area contributed by atoms with E-state index in [-0.39, 0.29) is 0 Å². The molecule has 0 N–H and O–H groups in total. The van der Waals surface area contributed by atoms with E-state index in [0.29, 0.717) is 5.41 Å². The Morgan fingerprint density at radius 3 is 1.43 bits per heavy atom. The SMILES string of the molecule is C[CH]([SnH])C(C)(C)C. The Bertz CT molecular complexity index is 49.7. The molecule has 1 heteroatoms. The van der Waals surface area contributed by atoms with Gasteiger partial charge in [-0.2, -0.15) is 0 Å². The van der Waals surface area contributed by atoms with Gasteiger partial charge < -0.3 is 0 Å². The predicted molar refractivity (Wildman–Crippen MR) is 36.0 cm³/mol. The summed E-state index contributed by atoms with van der Waals surface area (Å²) in [5.74, 6) is 0. The Morgan fingerprint density at radius 2 is 1.43 bits per heavy atom. The molecule has 0 aromatic carbocycles. The van der Waals surface area contributed by atoms with Crippen LogP contribution >= 0.6 is 0 Å². The molecule has 0 aromatic heterocycles. The van der Waals surface area contributed by atoms with Gasteiger partial charge in [0.2, 0.25) is 0 Å². The summed E-state index contributed by atoms with van der Waals surface area (Å²) in [6.07, 6.45) is 0. The van der Waals surface area contributed by atoms with E-state index in [1.165, 1.54) is 22.5 Å². The van der Waals surface area contributed by atoms with Crippen LogP contribution in [0.1, 0.15) is 27.7 Å². The van der Waals surface area contributed by atoms with Gasteiger partial charge in [-0.25, -0.2) is 0 Å². The van der Waals surface area contributed by atoms with E-state index in [2.05, 4.69) is 27.7 Å². The normalized spacial score (nSPS) is 16.7. The average Bonchev–Trinajstić information content (AvgIpc) is 1.31. The van der Waals surface area contributed by atoms with Crippen molar-refractivity contribution in [2.45, 2.75) is 31.6 Å². The summed E-state index contributed by atoms with van der Waals surface area (Å²) in [5, 5.41) is 0. The van der Waals surface area contributed by atoms with Crippen molar-refractivity contribution < 1.29 is 0 Å². The monoisotopic (exact) mass is 206 g/mol. The summed E-state index contributed by atoms with van der Waals surface area (Å²) in [5.41, 5.74) is 0.558. The van der Waals surface area contributed by atoms with Gasteiger partial charge in [-0.3, -0.25) is 0 Å². The van der Waals surface area contributed by atoms with Crippen molar-refractivity contribution in [2.75, 3.05) is 0 Å². The third kappa shape index (κ3) is 3.39. The molecule has 2 radical (unpaired) electrons. The molecule has 42 valence electrons. The Kier molecular flexibility index (Phi) is 2.65. The molecule has 0 saturated heterocycles. The van der Waals surface area contributed by atoms with Crippen LogP contribution in [0.25, 0.3) is 0 Å². The zero-order valence-electron chi connectivity index (χ0n) is 5.65. The number of hydrogen-bond acceptors (Lipinski definition) is 0. The molecule has 7 heavy (non-hydrogen) atoms. The summed E-state index contributed by atoms with van der Waals surface area (Å²) in [4.78, 5) is 0. The molecule has 0 bridgehead atoms. The molecule has 0 saturated carbocycles. The fraction of sp³-hybridized carbons (Fsp3) is 1.00. The summed E-state index contributed by atoms with van der Waals surface area (Å²) in [6, 6.07) is 0. The Morgan fingerprint density at radius 1 is 1.29 bits per heavy atom. The molecule has 1 unspecified atom stereocenters. The van der Waals surface area contributed by atoms with E-state index in [1.807, 2.05) is 0 Å². The van der Waals surface area contributed by atoms with Gasteiger partial charge in [0.25, 0.3) is 0 Å². The predicted octanol–water partition coefficient (Wildman–Crippen LogP) is 1.74. The molecule has 0 aliphatic heterocycles. The van der Waals surface area contributed by atoms with Gasteiger partial charge >= 0.3 is 59.6 Å². The van der Waals surface area contributed by atoms with Crippen molar-refractivity contribution in [3.63, 3.8) is 0 Å². The van der Waals surface area contributed by atoms with Crippen LogP contribution < -0.4 is 0 Å². The second kappa shape index (κ2) is 2.38. The fourth-order valence-electron chi connectivity index (χ4n) is 0. The van der Waals surface area contributed by atoms with Crippen molar-refractivity contribution in [2.24, 2.45) is 5.41 Å². The molecular weight excluding hydrogens is 191 g/mol. The zero-order chi connectivity index (χ0) is 6.08. The first-order valence-electron chi connectivity index (χ1n) is 2.70. The molecule has 0 fully saturated rings. The molecule has 1 atom stereocenters. The minimum atomic E-state index is 0.558. The molecule has 0 rings (SSSR count). The number of hydrogen-bond donors (Lipinski definition) is 0. The Labute approximate surface area is 59.8 Å².